The van der Waals surface area contributed by atoms with Gasteiger partial charge in [-0.15, -0.1) is 0 Å². The van der Waals surface area contributed by atoms with E-state index in [1.54, 1.807) is 0 Å². The Kier molecular flexibility index (Phi) is 8.07. The highest BCUT2D eigenvalue weighted by Gasteiger charge is 2.95. The van der Waals surface area contributed by atoms with Crippen LogP contribution >= 0.6 is 0 Å². The van der Waals surface area contributed by atoms with E-state index in [4.69, 9.17) is 0 Å². The van der Waals surface area contributed by atoms with Crippen LogP contribution in [0.1, 0.15) is 23.7 Å². The highest BCUT2D eigenvalue weighted by Crippen LogP contribution is 2.64. The van der Waals surface area contributed by atoms with Crippen LogP contribution in [-0.4, -0.2) is 54.7 Å². The van der Waals surface area contributed by atoms with Crippen molar-refractivity contribution in [1.82, 2.24) is 0 Å². The number of methoxy groups -OCH3 is 1. The molecule has 18 heteroatoms. The number of alkyl halides is 17. The molecule has 0 amide bonds. The highest BCUT2D eigenvalue weighted by atomic mass is 19.4. The van der Waals surface area contributed by atoms with E-state index in [0.29, 0.717) is 7.11 Å². The quantitative estimate of drug-likeness (QED) is 0.260. The number of aryl methyl sites for hydroxylation is 1. The average Bonchev–Trinajstić information content (AvgIpc) is 2.70. The van der Waals surface area contributed by atoms with Crippen LogP contribution in [0.5, 0.6) is 0 Å². The highest BCUT2D eigenvalue weighted by molar-refractivity contribution is 5.25. The molecule has 0 fully saturated rings. The topological polar surface area (TPSA) is 9.23 Å². The van der Waals surface area contributed by atoms with Gasteiger partial charge in [0.2, 0.25) is 0 Å². The van der Waals surface area contributed by atoms with E-state index >= 15 is 0 Å². The van der Waals surface area contributed by atoms with E-state index in [-0.39, 0.29) is 5.56 Å². The molecular weight excluding hydrogens is 555 g/mol. The normalized spacial score (nSPS) is 16.3. The van der Waals surface area contributed by atoms with Gasteiger partial charge in [0.25, 0.3) is 0 Å². The molecular formula is C18H13F17O. The predicted octanol–water partition coefficient (Wildman–Crippen LogP) is 8.08. The minimum absolute atomic E-state index is 0.244. The third-order valence-electron chi connectivity index (χ3n) is 4.93. The molecule has 210 valence electrons. The molecule has 0 aliphatic heterocycles. The van der Waals surface area contributed by atoms with Crippen LogP contribution in [0.15, 0.2) is 24.3 Å². The maximum Gasteiger partial charge on any atom is 0.460 e. The Hall–Kier alpha value is -2.01. The SMILES string of the molecule is COC(CC(F)(F)C(F)(F)C(F)(F)C(F)(F)C(F)(F)C(F)(F)C(F)(F)C(F)(F)F)c1cccc(C)c1. The second kappa shape index (κ2) is 9.08. The van der Waals surface area contributed by atoms with E-state index in [0.717, 1.165) is 18.2 Å². The Balaban J connectivity index is 3.58. The number of hydrogen-bond acceptors (Lipinski definition) is 1. The van der Waals surface area contributed by atoms with Crippen molar-refractivity contribution in [1.29, 1.82) is 0 Å². The van der Waals surface area contributed by atoms with Gasteiger partial charge in [-0.3, -0.25) is 0 Å². The summed E-state index contributed by atoms with van der Waals surface area (Å²) >= 11 is 0. The van der Waals surface area contributed by atoms with Crippen molar-refractivity contribution < 1.29 is 79.4 Å². The minimum atomic E-state index is -8.64. The Labute approximate surface area is 190 Å². The summed E-state index contributed by atoms with van der Waals surface area (Å²) in [7, 11) is 0.544. The molecule has 0 aromatic heterocycles. The molecule has 36 heavy (non-hydrogen) atoms. The number of ether oxygens (including phenoxy) is 1. The van der Waals surface area contributed by atoms with Crippen LogP contribution in [0, 0.1) is 6.92 Å². The van der Waals surface area contributed by atoms with Crippen LogP contribution in [0.25, 0.3) is 0 Å². The second-order valence-electron chi connectivity index (χ2n) is 7.49. The predicted molar refractivity (Wildman–Crippen MR) is 86.2 cm³/mol. The summed E-state index contributed by atoms with van der Waals surface area (Å²) in [6, 6.07) is 4.29. The third kappa shape index (κ3) is 4.57. The zero-order valence-electron chi connectivity index (χ0n) is 17.4. The van der Waals surface area contributed by atoms with Crippen LogP contribution in [0.4, 0.5) is 74.6 Å². The fourth-order valence-electron chi connectivity index (χ4n) is 2.77. The Morgan fingerprint density at radius 3 is 1.36 bits per heavy atom. The molecule has 1 aromatic rings. The first-order valence-corrected chi connectivity index (χ1v) is 8.98. The Bertz CT molecular complexity index is 918. The van der Waals surface area contributed by atoms with Gasteiger partial charge in [0.05, 0.1) is 6.10 Å². The van der Waals surface area contributed by atoms with Gasteiger partial charge in [-0.1, -0.05) is 29.8 Å². The molecule has 0 bridgehead atoms. The van der Waals surface area contributed by atoms with Crippen molar-refractivity contribution in [3.63, 3.8) is 0 Å². The van der Waals surface area contributed by atoms with Crippen LogP contribution in [0.3, 0.4) is 0 Å². The molecule has 0 heterocycles. The van der Waals surface area contributed by atoms with Gasteiger partial charge < -0.3 is 4.74 Å². The fourth-order valence-corrected chi connectivity index (χ4v) is 2.77. The van der Waals surface area contributed by atoms with Gasteiger partial charge in [-0.05, 0) is 12.5 Å². The summed E-state index contributed by atoms with van der Waals surface area (Å²) in [4.78, 5) is 0. The molecule has 1 unspecified atom stereocenters. The van der Waals surface area contributed by atoms with Gasteiger partial charge in [0.15, 0.2) is 0 Å². The average molecular weight is 568 g/mol. The van der Waals surface area contributed by atoms with E-state index in [1.165, 1.54) is 13.0 Å². The first-order chi connectivity index (χ1) is 15.7. The first-order valence-electron chi connectivity index (χ1n) is 8.98. The summed E-state index contributed by atoms with van der Waals surface area (Å²) in [6.45, 7) is 1.32. The molecule has 1 atom stereocenters. The van der Waals surface area contributed by atoms with Crippen molar-refractivity contribution in [2.24, 2.45) is 0 Å². The summed E-state index contributed by atoms with van der Waals surface area (Å²) in [5, 5.41) is 0. The lowest BCUT2D eigenvalue weighted by molar-refractivity contribution is -0.462. The zero-order chi connectivity index (χ0) is 29.0. The van der Waals surface area contributed by atoms with E-state index in [1.807, 2.05) is 0 Å². The maximum atomic E-state index is 14.2. The summed E-state index contributed by atoms with van der Waals surface area (Å²) < 4.78 is 231. The smallest absolute Gasteiger partial charge is 0.377 e. The van der Waals surface area contributed by atoms with Crippen LogP contribution in [0.2, 0.25) is 0 Å². The Morgan fingerprint density at radius 1 is 0.611 bits per heavy atom. The second-order valence-corrected chi connectivity index (χ2v) is 7.49. The molecule has 0 spiro atoms. The summed E-state index contributed by atoms with van der Waals surface area (Å²) in [5.74, 6) is -56.5. The Morgan fingerprint density at radius 2 is 1.00 bits per heavy atom. The van der Waals surface area contributed by atoms with E-state index in [2.05, 4.69) is 4.74 Å². The van der Waals surface area contributed by atoms with Crippen LogP contribution in [-0.2, 0) is 4.74 Å². The number of halogens is 17. The van der Waals surface area contributed by atoms with Crippen molar-refractivity contribution in [2.75, 3.05) is 7.11 Å². The van der Waals surface area contributed by atoms with Crippen molar-refractivity contribution in [2.45, 2.75) is 67.1 Å². The van der Waals surface area contributed by atoms with Gasteiger partial charge in [0.1, 0.15) is 0 Å². The molecule has 0 radical (unpaired) electrons. The monoisotopic (exact) mass is 568 g/mol. The molecule has 0 saturated heterocycles. The standard InChI is InChI=1S/C18H13F17O/c1-8-4-3-5-9(6-8)10(36-2)7-11(19,20)12(21,22)13(23,24)14(25,26)15(27,28)16(29,30)17(31,32)18(33,34)35/h3-6,10H,7H2,1-2H3. The molecule has 1 nitrogen and oxygen atoms in total. The summed E-state index contributed by atoms with van der Waals surface area (Å²) in [6.07, 6.45) is -12.8. The van der Waals surface area contributed by atoms with E-state index in [9.17, 15) is 74.6 Å². The first kappa shape index (κ1) is 32.0. The lowest BCUT2D eigenvalue weighted by atomic mass is 9.87. The molecule has 0 aliphatic rings. The molecule has 1 aromatic carbocycles. The molecule has 0 saturated carbocycles. The number of benzene rings is 1. The van der Waals surface area contributed by atoms with E-state index < -0.39 is 65.7 Å². The molecule has 0 aliphatic carbocycles. The van der Waals surface area contributed by atoms with Crippen LogP contribution < -0.4 is 0 Å². The molecule has 1 rings (SSSR count). The third-order valence-corrected chi connectivity index (χ3v) is 4.93. The number of rotatable bonds is 10. The van der Waals surface area contributed by atoms with Gasteiger partial charge in [0, 0.05) is 13.5 Å². The van der Waals surface area contributed by atoms with Crippen molar-refractivity contribution >= 4 is 0 Å². The maximum absolute atomic E-state index is 14.2. The largest absolute Gasteiger partial charge is 0.460 e. The van der Waals surface area contributed by atoms with Gasteiger partial charge >= 0.3 is 47.6 Å². The van der Waals surface area contributed by atoms with Crippen molar-refractivity contribution in [3.05, 3.63) is 35.4 Å². The zero-order valence-corrected chi connectivity index (χ0v) is 17.4. The fraction of sp³-hybridized carbons (Fsp3) is 0.667. The summed E-state index contributed by atoms with van der Waals surface area (Å²) in [5.41, 5.74) is -0.210. The van der Waals surface area contributed by atoms with Gasteiger partial charge in [-0.2, -0.15) is 74.6 Å². The molecule has 0 N–H and O–H groups in total. The van der Waals surface area contributed by atoms with Crippen molar-refractivity contribution in [3.8, 4) is 0 Å². The minimum Gasteiger partial charge on any atom is -0.377 e. The van der Waals surface area contributed by atoms with Gasteiger partial charge in [-0.25, -0.2) is 0 Å². The lowest BCUT2D eigenvalue weighted by Gasteiger charge is -2.43. The lowest BCUT2D eigenvalue weighted by Crippen LogP contribution is -2.74. The number of hydrogen-bond donors (Lipinski definition) is 0.